The summed E-state index contributed by atoms with van der Waals surface area (Å²) in [5.74, 6) is 0. The Morgan fingerprint density at radius 1 is 1.03 bits per heavy atom. The van der Waals surface area contributed by atoms with E-state index in [1.807, 2.05) is 12.1 Å². The molecule has 3 heterocycles. The predicted molar refractivity (Wildman–Crippen MR) is 145 cm³/mol. The first-order valence-electron chi connectivity index (χ1n) is 13.0. The van der Waals surface area contributed by atoms with E-state index in [1.54, 1.807) is 29.8 Å². The van der Waals surface area contributed by atoms with Gasteiger partial charge in [0, 0.05) is 55.3 Å². The summed E-state index contributed by atoms with van der Waals surface area (Å²) in [4.78, 5) is 26.1. The summed E-state index contributed by atoms with van der Waals surface area (Å²) >= 11 is 1.77. The van der Waals surface area contributed by atoms with Crippen LogP contribution in [0.3, 0.4) is 0 Å². The first-order valence-corrected chi connectivity index (χ1v) is 13.8. The second-order valence-electron chi connectivity index (χ2n) is 10.0. The van der Waals surface area contributed by atoms with E-state index in [2.05, 4.69) is 28.5 Å². The Kier molecular flexibility index (Phi) is 6.37. The number of aryl methyl sites for hydroxylation is 2. The van der Waals surface area contributed by atoms with E-state index in [9.17, 15) is 10.1 Å². The summed E-state index contributed by atoms with van der Waals surface area (Å²) in [6, 6.07) is 6.91. The van der Waals surface area contributed by atoms with Gasteiger partial charge in [0.25, 0.3) is 5.69 Å². The van der Waals surface area contributed by atoms with Crippen LogP contribution in [0, 0.1) is 24.0 Å². The van der Waals surface area contributed by atoms with Gasteiger partial charge in [-0.1, -0.05) is 12.1 Å². The number of fused-ring (bicyclic) bond motifs is 3. The molecule has 2 aliphatic heterocycles. The standard InChI is InChI=1S/C27H31N7O2S/c1-18-19(2)37-27(30-18)24-22-5-3-4-6-23(22)26-25(24)28-17-29-33(26)32-15-13-31(14-16-32)12-11-20-7-9-21(10-8-20)34(35)36/h7-10,17H,3-6,11-16H2,1-2H3. The molecule has 2 aliphatic carbocycles. The number of non-ortho nitro benzene ring substituents is 1. The van der Waals surface area contributed by atoms with Crippen LogP contribution in [0.1, 0.15) is 40.1 Å². The van der Waals surface area contributed by atoms with Crippen LogP contribution in [0.4, 0.5) is 5.69 Å². The maximum Gasteiger partial charge on any atom is 0.269 e. The molecular formula is C27H31N7O2S. The summed E-state index contributed by atoms with van der Waals surface area (Å²) in [6.45, 7) is 8.85. The van der Waals surface area contributed by atoms with E-state index in [1.165, 1.54) is 34.4 Å². The van der Waals surface area contributed by atoms with Gasteiger partial charge in [-0.3, -0.25) is 20.0 Å². The zero-order valence-corrected chi connectivity index (χ0v) is 22.1. The fourth-order valence-electron chi connectivity index (χ4n) is 5.62. The SMILES string of the molecule is Cc1nc(-c2c3ncnn(N4CCN(CCc5ccc([N+](=O)[O-])cc5)CC4)c-3c3c2CCCC3)sc1C. The first-order chi connectivity index (χ1) is 18.0. The third-order valence-corrected chi connectivity index (χ3v) is 8.88. The summed E-state index contributed by atoms with van der Waals surface area (Å²) in [6.07, 6.45) is 7.14. The maximum absolute atomic E-state index is 10.9. The molecule has 0 atom stereocenters. The average Bonchev–Trinajstić information content (AvgIpc) is 3.44. The molecule has 0 bridgehead atoms. The van der Waals surface area contributed by atoms with Crippen molar-refractivity contribution < 1.29 is 4.92 Å². The Balaban J connectivity index is 1.20. The number of nitro benzene ring substituents is 1. The second kappa shape index (κ2) is 9.83. The van der Waals surface area contributed by atoms with Crippen LogP contribution >= 0.6 is 11.3 Å². The molecule has 192 valence electrons. The molecule has 1 aromatic carbocycles. The molecule has 10 heteroatoms. The lowest BCUT2D eigenvalue weighted by Gasteiger charge is -2.37. The van der Waals surface area contributed by atoms with E-state index in [-0.39, 0.29) is 10.6 Å². The van der Waals surface area contributed by atoms with E-state index < -0.39 is 0 Å². The third kappa shape index (κ3) is 4.48. The minimum atomic E-state index is -0.351. The number of thiazole rings is 1. The largest absolute Gasteiger partial charge is 0.299 e. The van der Waals surface area contributed by atoms with Gasteiger partial charge >= 0.3 is 0 Å². The van der Waals surface area contributed by atoms with E-state index in [0.717, 1.165) is 79.6 Å². The fourth-order valence-corrected chi connectivity index (χ4v) is 6.61. The molecule has 0 saturated carbocycles. The number of nitro groups is 1. The Labute approximate surface area is 220 Å². The van der Waals surface area contributed by atoms with Gasteiger partial charge in [-0.15, -0.1) is 16.4 Å². The Morgan fingerprint density at radius 3 is 2.43 bits per heavy atom. The van der Waals surface area contributed by atoms with Gasteiger partial charge in [0.2, 0.25) is 0 Å². The Morgan fingerprint density at radius 2 is 1.76 bits per heavy atom. The molecule has 0 amide bonds. The summed E-state index contributed by atoms with van der Waals surface area (Å²) in [7, 11) is 0. The van der Waals surface area contributed by atoms with Crippen molar-refractivity contribution in [2.45, 2.75) is 46.0 Å². The highest BCUT2D eigenvalue weighted by Crippen LogP contribution is 2.46. The molecule has 0 radical (unpaired) electrons. The summed E-state index contributed by atoms with van der Waals surface area (Å²) in [5, 5.41) is 19.1. The molecule has 6 rings (SSSR count). The molecule has 37 heavy (non-hydrogen) atoms. The molecule has 1 fully saturated rings. The Bertz CT molecular complexity index is 1380. The first kappa shape index (κ1) is 24.0. The van der Waals surface area contributed by atoms with Gasteiger partial charge in [0.1, 0.15) is 22.7 Å². The van der Waals surface area contributed by atoms with E-state index in [4.69, 9.17) is 15.1 Å². The lowest BCUT2D eigenvalue weighted by molar-refractivity contribution is -0.384. The van der Waals surface area contributed by atoms with Crippen molar-refractivity contribution in [2.24, 2.45) is 0 Å². The summed E-state index contributed by atoms with van der Waals surface area (Å²) in [5.41, 5.74) is 8.63. The zero-order valence-electron chi connectivity index (χ0n) is 21.3. The van der Waals surface area contributed by atoms with Gasteiger partial charge in [-0.2, -0.15) is 4.79 Å². The topological polar surface area (TPSA) is 93.2 Å². The fraction of sp³-hybridized carbons (Fsp3) is 0.444. The maximum atomic E-state index is 10.9. The quantitative estimate of drug-likeness (QED) is 0.276. The molecule has 2 aromatic rings. The molecule has 9 nitrogen and oxygen atoms in total. The second-order valence-corrected chi connectivity index (χ2v) is 11.2. The van der Waals surface area contributed by atoms with Crippen LogP contribution in [0.5, 0.6) is 0 Å². The van der Waals surface area contributed by atoms with Crippen molar-refractivity contribution in [3.8, 4) is 22.0 Å². The van der Waals surface area contributed by atoms with Crippen molar-refractivity contribution in [1.29, 1.82) is 0 Å². The minimum absolute atomic E-state index is 0.142. The Hall–Kier alpha value is -3.37. The smallest absolute Gasteiger partial charge is 0.269 e. The number of aromatic nitrogens is 4. The van der Waals surface area contributed by atoms with Crippen molar-refractivity contribution >= 4 is 17.0 Å². The predicted octanol–water partition coefficient (Wildman–Crippen LogP) is 4.41. The number of rotatable bonds is 6. The molecule has 0 unspecified atom stereocenters. The average molecular weight is 518 g/mol. The van der Waals surface area contributed by atoms with Crippen molar-refractivity contribution in [1.82, 2.24) is 24.8 Å². The van der Waals surface area contributed by atoms with Gasteiger partial charge in [0.15, 0.2) is 0 Å². The van der Waals surface area contributed by atoms with Crippen molar-refractivity contribution in [3.63, 3.8) is 0 Å². The highest BCUT2D eigenvalue weighted by molar-refractivity contribution is 7.15. The van der Waals surface area contributed by atoms with Gasteiger partial charge in [0.05, 0.1) is 10.6 Å². The molecule has 0 N–H and O–H groups in total. The third-order valence-electron chi connectivity index (χ3n) is 7.79. The molecule has 1 aromatic heterocycles. The van der Waals surface area contributed by atoms with Gasteiger partial charge < -0.3 is 0 Å². The zero-order chi connectivity index (χ0) is 25.5. The number of piperazine rings is 1. The van der Waals surface area contributed by atoms with Crippen LogP contribution in [0.25, 0.3) is 22.0 Å². The highest BCUT2D eigenvalue weighted by atomic mass is 32.1. The highest BCUT2D eigenvalue weighted by Gasteiger charge is 2.33. The van der Waals surface area contributed by atoms with Gasteiger partial charge in [-0.05, 0) is 62.6 Å². The van der Waals surface area contributed by atoms with Crippen molar-refractivity contribution in [2.75, 3.05) is 37.7 Å². The van der Waals surface area contributed by atoms with Crippen LogP contribution in [-0.2, 0) is 19.3 Å². The molecule has 0 spiro atoms. The van der Waals surface area contributed by atoms with E-state index in [0.29, 0.717) is 0 Å². The lowest BCUT2D eigenvalue weighted by atomic mass is 9.93. The molecule has 4 aliphatic rings. The van der Waals surface area contributed by atoms with Crippen LogP contribution < -0.4 is 5.01 Å². The van der Waals surface area contributed by atoms with Gasteiger partial charge in [-0.25, -0.2) is 9.97 Å². The van der Waals surface area contributed by atoms with Crippen molar-refractivity contribution in [3.05, 3.63) is 68.0 Å². The number of nitrogens with zero attached hydrogens (tertiary/aromatic N) is 7. The lowest BCUT2D eigenvalue weighted by Crippen LogP contribution is -2.52. The summed E-state index contributed by atoms with van der Waals surface area (Å²) < 4.78 is 0. The molecular weight excluding hydrogens is 486 g/mol. The van der Waals surface area contributed by atoms with Crippen LogP contribution in [-0.4, -0.2) is 62.4 Å². The number of hydrogen-bond donors (Lipinski definition) is 0. The monoisotopic (exact) mass is 517 g/mol. The van der Waals surface area contributed by atoms with E-state index >= 15 is 0 Å². The molecule has 1 saturated heterocycles. The van der Waals surface area contributed by atoms with Crippen LogP contribution in [0.2, 0.25) is 0 Å². The minimum Gasteiger partial charge on any atom is -0.299 e. The number of hydrogen-bond acceptors (Lipinski definition) is 8. The normalized spacial score (nSPS) is 16.3. The van der Waals surface area contributed by atoms with Crippen LogP contribution in [0.15, 0.2) is 30.6 Å². The number of benzene rings is 1.